The van der Waals surface area contributed by atoms with Crippen LogP contribution in [0, 0.1) is 0 Å². The van der Waals surface area contributed by atoms with Crippen LogP contribution in [0.5, 0.6) is 5.88 Å². The van der Waals surface area contributed by atoms with Gasteiger partial charge in [-0.25, -0.2) is 4.98 Å². The molecule has 1 aromatic heterocycles. The van der Waals surface area contributed by atoms with Gasteiger partial charge in [-0.2, -0.15) is 26.3 Å². The molecule has 1 aromatic carbocycles. The molecule has 0 radical (unpaired) electrons. The number of ether oxygens (including phenoxy) is 1. The van der Waals surface area contributed by atoms with Gasteiger partial charge in [0.15, 0.2) is 12.3 Å². The minimum absolute atomic E-state index is 0.0615. The number of halogens is 8. The van der Waals surface area contributed by atoms with E-state index in [9.17, 15) is 31.1 Å². The molecular formula is C18H13Cl2F6N3O3. The topological polar surface area (TPSA) is 72.8 Å². The van der Waals surface area contributed by atoms with Crippen molar-refractivity contribution in [3.05, 3.63) is 46.1 Å². The second kappa shape index (κ2) is 10.3. The molecule has 14 heteroatoms. The summed E-state index contributed by atoms with van der Waals surface area (Å²) >= 11 is 11.8. The molecule has 1 amide bonds. The summed E-state index contributed by atoms with van der Waals surface area (Å²) in [7, 11) is 0.903. The van der Waals surface area contributed by atoms with Gasteiger partial charge in [-0.1, -0.05) is 34.4 Å². The molecular weight excluding hydrogens is 491 g/mol. The first-order chi connectivity index (χ1) is 14.8. The molecule has 0 bridgehead atoms. The van der Waals surface area contributed by atoms with E-state index in [0.717, 1.165) is 19.4 Å². The molecule has 0 saturated carbocycles. The van der Waals surface area contributed by atoms with Crippen LogP contribution in [-0.4, -0.2) is 49.2 Å². The maximum Gasteiger partial charge on any atom is 0.434 e. The Bertz CT molecular complexity index is 1010. The number of nitrogens with zero attached hydrogens (tertiary/aromatic N) is 2. The number of amides is 1. The van der Waals surface area contributed by atoms with Gasteiger partial charge < -0.3 is 14.9 Å². The lowest BCUT2D eigenvalue weighted by Crippen LogP contribution is -2.37. The van der Waals surface area contributed by atoms with Crippen LogP contribution in [0.25, 0.3) is 11.1 Å². The number of rotatable bonds is 7. The summed E-state index contributed by atoms with van der Waals surface area (Å²) in [6.45, 7) is -2.69. The number of nitrogens with one attached hydrogen (secondary N) is 1. The number of benzene rings is 1. The van der Waals surface area contributed by atoms with E-state index in [0.29, 0.717) is 0 Å². The minimum atomic E-state index is -4.86. The van der Waals surface area contributed by atoms with Gasteiger partial charge >= 0.3 is 12.4 Å². The van der Waals surface area contributed by atoms with Gasteiger partial charge in [-0.3, -0.25) is 4.79 Å². The van der Waals surface area contributed by atoms with Crippen molar-refractivity contribution in [2.75, 3.05) is 20.3 Å². The predicted molar refractivity (Wildman–Crippen MR) is 104 cm³/mol. The van der Waals surface area contributed by atoms with Gasteiger partial charge in [0.1, 0.15) is 7.11 Å². The summed E-state index contributed by atoms with van der Waals surface area (Å²) in [5.74, 6) is -1.48. The average molecular weight is 504 g/mol. The van der Waals surface area contributed by atoms with E-state index in [1.165, 1.54) is 18.2 Å². The molecule has 0 saturated heterocycles. The van der Waals surface area contributed by atoms with Crippen LogP contribution in [0.3, 0.4) is 0 Å². The second-order valence-corrected chi connectivity index (χ2v) is 6.82. The molecule has 0 aliphatic carbocycles. The number of carbonyl (C=O) groups excluding carboxylic acids is 1. The van der Waals surface area contributed by atoms with Crippen molar-refractivity contribution in [1.29, 1.82) is 0 Å². The third kappa shape index (κ3) is 7.16. The Labute approximate surface area is 187 Å². The number of hydrogen-bond donors (Lipinski definition) is 1. The summed E-state index contributed by atoms with van der Waals surface area (Å²) in [4.78, 5) is 20.1. The van der Waals surface area contributed by atoms with Crippen LogP contribution < -0.4 is 10.1 Å². The van der Waals surface area contributed by atoms with E-state index in [1.54, 1.807) is 0 Å². The van der Waals surface area contributed by atoms with Crippen molar-refractivity contribution >= 4 is 34.8 Å². The maximum absolute atomic E-state index is 12.8. The number of alkyl halides is 6. The van der Waals surface area contributed by atoms with Gasteiger partial charge in [0, 0.05) is 11.8 Å². The normalized spacial score (nSPS) is 12.5. The van der Waals surface area contributed by atoms with Crippen LogP contribution in [0.1, 0.15) is 10.4 Å². The van der Waals surface area contributed by atoms with E-state index in [1.807, 2.05) is 5.32 Å². The first-order valence-electron chi connectivity index (χ1n) is 8.42. The van der Waals surface area contributed by atoms with Crippen LogP contribution in [0.15, 0.2) is 35.6 Å². The molecule has 1 heterocycles. The van der Waals surface area contributed by atoms with E-state index in [-0.39, 0.29) is 26.7 Å². The first-order valence-corrected chi connectivity index (χ1v) is 9.18. The molecule has 32 heavy (non-hydrogen) atoms. The number of aromatic nitrogens is 1. The third-order valence-electron chi connectivity index (χ3n) is 3.66. The predicted octanol–water partition coefficient (Wildman–Crippen LogP) is 5.29. The summed E-state index contributed by atoms with van der Waals surface area (Å²) in [6.07, 6.45) is -8.67. The monoisotopic (exact) mass is 503 g/mol. The second-order valence-electron chi connectivity index (χ2n) is 6.01. The van der Waals surface area contributed by atoms with Crippen molar-refractivity contribution in [3.8, 4) is 17.0 Å². The molecule has 6 nitrogen and oxygen atoms in total. The van der Waals surface area contributed by atoms with E-state index in [2.05, 4.69) is 15.0 Å². The van der Waals surface area contributed by atoms with Crippen molar-refractivity contribution in [3.63, 3.8) is 0 Å². The van der Waals surface area contributed by atoms with E-state index >= 15 is 0 Å². The number of pyridine rings is 1. The Morgan fingerprint density at radius 1 is 1.12 bits per heavy atom. The Kier molecular flexibility index (Phi) is 8.18. The number of hydrogen-bond acceptors (Lipinski definition) is 5. The van der Waals surface area contributed by atoms with Crippen molar-refractivity contribution in [2.24, 2.45) is 5.16 Å². The molecule has 0 aliphatic heterocycles. The van der Waals surface area contributed by atoms with Crippen molar-refractivity contribution in [2.45, 2.75) is 12.4 Å². The molecule has 2 aromatic rings. The van der Waals surface area contributed by atoms with Crippen LogP contribution >= 0.6 is 23.2 Å². The molecule has 174 valence electrons. The minimum Gasteiger partial charge on any atom is -0.468 e. The zero-order valence-electron chi connectivity index (χ0n) is 15.9. The van der Waals surface area contributed by atoms with Crippen molar-refractivity contribution in [1.82, 2.24) is 10.3 Å². The Morgan fingerprint density at radius 3 is 2.38 bits per heavy atom. The fourth-order valence-electron chi connectivity index (χ4n) is 2.27. The lowest BCUT2D eigenvalue weighted by Gasteiger charge is -2.14. The van der Waals surface area contributed by atoms with Gasteiger partial charge in [-0.05, 0) is 23.8 Å². The highest BCUT2D eigenvalue weighted by molar-refractivity contribution is 6.42. The molecule has 0 aliphatic rings. The van der Waals surface area contributed by atoms with Gasteiger partial charge in [0.25, 0.3) is 5.91 Å². The van der Waals surface area contributed by atoms with E-state index in [4.69, 9.17) is 27.9 Å². The first kappa shape index (κ1) is 25.5. The largest absolute Gasteiger partial charge is 0.468 e. The highest BCUT2D eigenvalue weighted by Crippen LogP contribution is 2.34. The molecule has 2 rings (SSSR count). The summed E-state index contributed by atoms with van der Waals surface area (Å²) in [6, 6.07) is 5.14. The van der Waals surface area contributed by atoms with Gasteiger partial charge in [0.2, 0.25) is 5.88 Å². The lowest BCUT2D eigenvalue weighted by atomic mass is 10.0. The number of carbonyl (C=O) groups is 1. The molecule has 0 fully saturated rings. The fraction of sp³-hybridized carbons (Fsp3) is 0.278. The molecule has 1 N–H and O–H groups in total. The maximum atomic E-state index is 12.8. The van der Waals surface area contributed by atoms with Gasteiger partial charge in [0.05, 0.1) is 22.2 Å². The Hall–Kier alpha value is -2.73. The zero-order valence-corrected chi connectivity index (χ0v) is 17.5. The summed E-state index contributed by atoms with van der Waals surface area (Å²) < 4.78 is 80.9. The van der Waals surface area contributed by atoms with Gasteiger partial charge in [-0.15, -0.1) is 0 Å². The third-order valence-corrected chi connectivity index (χ3v) is 4.40. The van der Waals surface area contributed by atoms with Crippen LogP contribution in [0.2, 0.25) is 10.0 Å². The fourth-order valence-corrected chi connectivity index (χ4v) is 2.57. The van der Waals surface area contributed by atoms with E-state index < -0.39 is 43.0 Å². The number of oxime groups is 1. The summed E-state index contributed by atoms with van der Waals surface area (Å²) in [5.41, 5.74) is -1.53. The molecule has 0 unspecified atom stereocenters. The van der Waals surface area contributed by atoms with Crippen LogP contribution in [0.4, 0.5) is 26.3 Å². The lowest BCUT2D eigenvalue weighted by molar-refractivity contribution is -0.154. The Balaban J connectivity index is 2.37. The summed E-state index contributed by atoms with van der Waals surface area (Å²) in [5, 5.41) is 5.02. The van der Waals surface area contributed by atoms with Crippen LogP contribution in [-0.2, 0) is 4.84 Å². The average Bonchev–Trinajstić information content (AvgIpc) is 2.69. The zero-order chi connectivity index (χ0) is 24.1. The van der Waals surface area contributed by atoms with Crippen molar-refractivity contribution < 1.29 is 40.7 Å². The standard InChI is InChI=1S/C18H13Cl2F6N3O3/c1-31-29-14(18(24,25)26)7-27-15(30)10-4-11(9-2-3-12(19)13(20)5-9)16(28-6-10)32-8-17(21,22)23/h2-6H,7-8H2,1H3,(H,27,30). The molecule has 0 spiro atoms. The quantitative estimate of drug-likeness (QED) is 0.316. The SMILES string of the molecule is CON=C(CNC(=O)c1cnc(OCC(F)(F)F)c(-c2ccc(Cl)c(Cl)c2)c1)C(F)(F)F. The highest BCUT2D eigenvalue weighted by atomic mass is 35.5. The molecule has 0 atom stereocenters. The smallest absolute Gasteiger partial charge is 0.434 e. The Morgan fingerprint density at radius 2 is 1.81 bits per heavy atom. The highest BCUT2D eigenvalue weighted by Gasteiger charge is 2.36.